The molecule has 1 saturated heterocycles. The van der Waals surface area contributed by atoms with E-state index in [1.165, 1.54) is 18.0 Å². The van der Waals surface area contributed by atoms with Gasteiger partial charge in [-0.1, -0.05) is 29.8 Å². The lowest BCUT2D eigenvalue weighted by atomic mass is 10.1. The summed E-state index contributed by atoms with van der Waals surface area (Å²) in [6.07, 6.45) is 3.46. The van der Waals surface area contributed by atoms with Crippen molar-refractivity contribution >= 4 is 21.7 Å². The molecule has 0 spiro atoms. The number of hydrogen-bond donors (Lipinski definition) is 1. The van der Waals surface area contributed by atoms with Gasteiger partial charge in [-0.15, -0.1) is 0 Å². The predicted molar refractivity (Wildman–Crippen MR) is 104 cm³/mol. The molecular weight excluding hydrogens is 364 g/mol. The van der Waals surface area contributed by atoms with E-state index in [2.05, 4.69) is 21.4 Å². The molecule has 1 amide bonds. The van der Waals surface area contributed by atoms with E-state index in [1.807, 2.05) is 32.0 Å². The number of nitrogens with one attached hydrogen (secondary N) is 1. The lowest BCUT2D eigenvalue weighted by Crippen LogP contribution is -2.41. The fourth-order valence-electron chi connectivity index (χ4n) is 3.29. The van der Waals surface area contributed by atoms with E-state index in [4.69, 9.17) is 0 Å². The van der Waals surface area contributed by atoms with Crippen molar-refractivity contribution < 1.29 is 13.2 Å². The van der Waals surface area contributed by atoms with Crippen molar-refractivity contribution in [2.75, 3.05) is 23.4 Å². The summed E-state index contributed by atoms with van der Waals surface area (Å²) in [5.74, 6) is 0.382. The smallest absolute Gasteiger partial charge is 0.257 e. The molecule has 1 fully saturated rings. The van der Waals surface area contributed by atoms with Crippen LogP contribution >= 0.6 is 0 Å². The summed E-state index contributed by atoms with van der Waals surface area (Å²) >= 11 is 0. The van der Waals surface area contributed by atoms with E-state index in [1.54, 1.807) is 4.90 Å². The maximum absolute atomic E-state index is 12.7. The zero-order valence-electron chi connectivity index (χ0n) is 15.6. The standard InChI is InChI=1S/C19H24N4O3S/c1-3-23(17-7-8-27(25,26)13-17)18(24)16-11-21-19(22-12-16)20-10-15-6-4-5-14(2)9-15/h4-6,9,11-12,17H,3,7-8,10,13H2,1-2H3,(H,20,21,22). The Hall–Kier alpha value is -2.48. The normalized spacial score (nSPS) is 18.2. The summed E-state index contributed by atoms with van der Waals surface area (Å²) in [7, 11) is -3.04. The maximum Gasteiger partial charge on any atom is 0.257 e. The largest absolute Gasteiger partial charge is 0.350 e. The van der Waals surface area contributed by atoms with E-state index in [-0.39, 0.29) is 23.5 Å². The van der Waals surface area contributed by atoms with Crippen molar-refractivity contribution in [3.05, 3.63) is 53.3 Å². The molecule has 3 rings (SSSR count). The Bertz CT molecular complexity index is 913. The monoisotopic (exact) mass is 388 g/mol. The third kappa shape index (κ3) is 4.82. The first kappa shape index (κ1) is 19.3. The number of carbonyl (C=O) groups is 1. The van der Waals surface area contributed by atoms with Gasteiger partial charge in [-0.25, -0.2) is 18.4 Å². The molecule has 27 heavy (non-hydrogen) atoms. The molecule has 2 heterocycles. The summed E-state index contributed by atoms with van der Waals surface area (Å²) in [5, 5.41) is 3.14. The van der Waals surface area contributed by atoms with Crippen LogP contribution in [-0.4, -0.2) is 53.3 Å². The number of aryl methyl sites for hydroxylation is 1. The fourth-order valence-corrected chi connectivity index (χ4v) is 5.02. The highest BCUT2D eigenvalue weighted by molar-refractivity contribution is 7.91. The number of sulfone groups is 1. The molecule has 1 aliphatic heterocycles. The van der Waals surface area contributed by atoms with E-state index < -0.39 is 9.84 Å². The van der Waals surface area contributed by atoms with Gasteiger partial charge in [-0.05, 0) is 25.8 Å². The first-order valence-corrected chi connectivity index (χ1v) is 10.8. The van der Waals surface area contributed by atoms with Gasteiger partial charge in [-0.2, -0.15) is 0 Å². The summed E-state index contributed by atoms with van der Waals surface area (Å²) < 4.78 is 23.4. The zero-order chi connectivity index (χ0) is 19.4. The quantitative estimate of drug-likeness (QED) is 0.814. The van der Waals surface area contributed by atoms with Gasteiger partial charge in [0.1, 0.15) is 0 Å². The average molecular weight is 388 g/mol. The highest BCUT2D eigenvalue weighted by Crippen LogP contribution is 2.19. The van der Waals surface area contributed by atoms with Crippen molar-refractivity contribution in [1.29, 1.82) is 0 Å². The van der Waals surface area contributed by atoms with Crippen LogP contribution in [-0.2, 0) is 16.4 Å². The number of carbonyl (C=O) groups excluding carboxylic acids is 1. The molecule has 0 bridgehead atoms. The first-order chi connectivity index (χ1) is 12.9. The summed E-state index contributed by atoms with van der Waals surface area (Å²) in [5.41, 5.74) is 2.67. The van der Waals surface area contributed by atoms with Crippen molar-refractivity contribution in [2.45, 2.75) is 32.9 Å². The van der Waals surface area contributed by atoms with Crippen LogP contribution in [0.1, 0.15) is 34.8 Å². The number of amides is 1. The van der Waals surface area contributed by atoms with Crippen molar-refractivity contribution in [2.24, 2.45) is 0 Å². The molecular formula is C19H24N4O3S. The van der Waals surface area contributed by atoms with Crippen LogP contribution in [0.5, 0.6) is 0 Å². The van der Waals surface area contributed by atoms with Gasteiger partial charge in [0, 0.05) is 31.5 Å². The molecule has 1 unspecified atom stereocenters. The summed E-state index contributed by atoms with van der Waals surface area (Å²) in [6, 6.07) is 7.87. The molecule has 1 atom stereocenters. The molecule has 7 nitrogen and oxygen atoms in total. The number of rotatable bonds is 6. The lowest BCUT2D eigenvalue weighted by Gasteiger charge is -2.26. The Morgan fingerprint density at radius 2 is 2.04 bits per heavy atom. The maximum atomic E-state index is 12.7. The van der Waals surface area contributed by atoms with E-state index in [0.717, 1.165) is 5.56 Å². The van der Waals surface area contributed by atoms with Gasteiger partial charge in [-0.3, -0.25) is 4.79 Å². The molecule has 2 aromatic rings. The minimum atomic E-state index is -3.04. The van der Waals surface area contributed by atoms with Crippen LogP contribution in [0.4, 0.5) is 5.95 Å². The van der Waals surface area contributed by atoms with Crippen LogP contribution in [0.2, 0.25) is 0 Å². The molecule has 144 valence electrons. The number of nitrogens with zero attached hydrogens (tertiary/aromatic N) is 3. The molecule has 1 aliphatic rings. The third-order valence-electron chi connectivity index (χ3n) is 4.68. The van der Waals surface area contributed by atoms with E-state index in [0.29, 0.717) is 31.0 Å². The minimum absolute atomic E-state index is 0.0313. The molecule has 0 aliphatic carbocycles. The second-order valence-electron chi connectivity index (χ2n) is 6.79. The molecule has 0 radical (unpaired) electrons. The summed E-state index contributed by atoms with van der Waals surface area (Å²) in [6.45, 7) is 4.93. The molecule has 0 saturated carbocycles. The minimum Gasteiger partial charge on any atom is -0.350 e. The van der Waals surface area contributed by atoms with Crippen LogP contribution in [0.15, 0.2) is 36.7 Å². The number of aromatic nitrogens is 2. The second kappa shape index (κ2) is 8.04. The SMILES string of the molecule is CCN(C(=O)c1cnc(NCc2cccc(C)c2)nc1)C1CCS(=O)(=O)C1. The van der Waals surface area contributed by atoms with Gasteiger partial charge in [0.05, 0.1) is 17.1 Å². The Labute approximate surface area is 159 Å². The zero-order valence-corrected chi connectivity index (χ0v) is 16.4. The van der Waals surface area contributed by atoms with Crippen molar-refractivity contribution in [1.82, 2.24) is 14.9 Å². The predicted octanol–water partition coefficient (Wildman–Crippen LogP) is 2.05. The number of anilines is 1. The lowest BCUT2D eigenvalue weighted by molar-refractivity contribution is 0.0707. The third-order valence-corrected chi connectivity index (χ3v) is 6.43. The van der Waals surface area contributed by atoms with Gasteiger partial charge >= 0.3 is 0 Å². The van der Waals surface area contributed by atoms with Gasteiger partial charge in [0.15, 0.2) is 9.84 Å². The summed E-state index contributed by atoms with van der Waals surface area (Å²) in [4.78, 5) is 22.8. The Kier molecular flexibility index (Phi) is 5.74. The van der Waals surface area contributed by atoms with Crippen LogP contribution in [0.25, 0.3) is 0 Å². The van der Waals surface area contributed by atoms with Crippen LogP contribution in [0, 0.1) is 6.92 Å². The van der Waals surface area contributed by atoms with E-state index in [9.17, 15) is 13.2 Å². The van der Waals surface area contributed by atoms with Crippen molar-refractivity contribution in [3.63, 3.8) is 0 Å². The Balaban J connectivity index is 1.64. The van der Waals surface area contributed by atoms with Crippen LogP contribution < -0.4 is 5.32 Å². The highest BCUT2D eigenvalue weighted by Gasteiger charge is 2.34. The molecule has 1 aromatic carbocycles. The first-order valence-electron chi connectivity index (χ1n) is 9.01. The molecule has 1 N–H and O–H groups in total. The number of hydrogen-bond acceptors (Lipinski definition) is 6. The van der Waals surface area contributed by atoms with Crippen molar-refractivity contribution in [3.8, 4) is 0 Å². The van der Waals surface area contributed by atoms with Gasteiger partial charge in [0.2, 0.25) is 5.95 Å². The Morgan fingerprint density at radius 3 is 2.63 bits per heavy atom. The Morgan fingerprint density at radius 1 is 1.30 bits per heavy atom. The molecule has 8 heteroatoms. The molecule has 1 aromatic heterocycles. The van der Waals surface area contributed by atoms with Crippen LogP contribution in [0.3, 0.4) is 0 Å². The average Bonchev–Trinajstić information content (AvgIpc) is 3.00. The highest BCUT2D eigenvalue weighted by atomic mass is 32.2. The topological polar surface area (TPSA) is 92.3 Å². The fraction of sp³-hybridized carbons (Fsp3) is 0.421. The number of benzene rings is 1. The second-order valence-corrected chi connectivity index (χ2v) is 9.01. The van der Waals surface area contributed by atoms with E-state index >= 15 is 0 Å². The van der Waals surface area contributed by atoms with Gasteiger partial charge < -0.3 is 10.2 Å². The van der Waals surface area contributed by atoms with Gasteiger partial charge in [0.25, 0.3) is 5.91 Å².